The fraction of sp³-hybridized carbons (Fsp3) is 0.600. The Kier molecular flexibility index (Phi) is 5.60. The van der Waals surface area contributed by atoms with Gasteiger partial charge in [0.05, 0.1) is 26.2 Å². The summed E-state index contributed by atoms with van der Waals surface area (Å²) in [5.41, 5.74) is 0.606. The molecule has 0 radical (unpaired) electrons. The van der Waals surface area contributed by atoms with Gasteiger partial charge in [-0.1, -0.05) is 0 Å². The molecule has 148 valence electrons. The summed E-state index contributed by atoms with van der Waals surface area (Å²) in [7, 11) is 5.28. The van der Waals surface area contributed by atoms with E-state index in [0.717, 1.165) is 25.1 Å². The van der Waals surface area contributed by atoms with E-state index in [1.807, 2.05) is 23.1 Å². The first-order valence-corrected chi connectivity index (χ1v) is 9.33. The zero-order valence-electron chi connectivity index (χ0n) is 16.6. The highest BCUT2D eigenvalue weighted by molar-refractivity contribution is 5.80. The summed E-state index contributed by atoms with van der Waals surface area (Å²) in [5, 5.41) is 3.17. The summed E-state index contributed by atoms with van der Waals surface area (Å²) >= 11 is 0. The number of methoxy groups -OCH3 is 2. The number of benzene rings is 1. The number of piperidine rings is 1. The lowest BCUT2D eigenvalue weighted by molar-refractivity contribution is -0.133. The molecular weight excluding hydrogens is 346 g/mol. The van der Waals surface area contributed by atoms with E-state index in [1.54, 1.807) is 21.1 Å². The van der Waals surface area contributed by atoms with Crippen LogP contribution in [0.25, 0.3) is 0 Å². The molecule has 1 aromatic carbocycles. The van der Waals surface area contributed by atoms with Crippen molar-refractivity contribution < 1.29 is 19.1 Å². The Bertz CT molecular complexity index is 723. The van der Waals surface area contributed by atoms with Crippen molar-refractivity contribution in [3.8, 4) is 11.5 Å². The SMILES string of the molecule is COc1ccc(OC)c(CC(=O)N2CC[C@@]3(NC(C)=O)CN(C)C[C@H]3C2)c1. The maximum atomic E-state index is 13.0. The molecule has 2 saturated heterocycles. The molecule has 1 N–H and O–H groups in total. The van der Waals surface area contributed by atoms with Gasteiger partial charge in [-0.15, -0.1) is 0 Å². The third-order valence-electron chi connectivity index (χ3n) is 5.74. The predicted molar refractivity (Wildman–Crippen MR) is 102 cm³/mol. The van der Waals surface area contributed by atoms with Crippen molar-refractivity contribution in [1.29, 1.82) is 0 Å². The van der Waals surface area contributed by atoms with Crippen molar-refractivity contribution in [3.05, 3.63) is 23.8 Å². The average molecular weight is 375 g/mol. The number of nitrogens with zero attached hydrogens (tertiary/aromatic N) is 2. The van der Waals surface area contributed by atoms with E-state index in [4.69, 9.17) is 9.47 Å². The third-order valence-corrected chi connectivity index (χ3v) is 5.74. The van der Waals surface area contributed by atoms with Gasteiger partial charge in [0, 0.05) is 44.6 Å². The molecule has 2 fully saturated rings. The quantitative estimate of drug-likeness (QED) is 0.829. The predicted octanol–water partition coefficient (Wildman–Crippen LogP) is 0.915. The molecule has 0 aliphatic carbocycles. The highest BCUT2D eigenvalue weighted by Gasteiger charge is 2.49. The van der Waals surface area contributed by atoms with Gasteiger partial charge in [-0.05, 0) is 31.7 Å². The molecule has 0 bridgehead atoms. The minimum Gasteiger partial charge on any atom is -0.497 e. The molecule has 0 unspecified atom stereocenters. The topological polar surface area (TPSA) is 71.1 Å². The smallest absolute Gasteiger partial charge is 0.227 e. The van der Waals surface area contributed by atoms with Crippen molar-refractivity contribution in [2.75, 3.05) is 47.4 Å². The first-order valence-electron chi connectivity index (χ1n) is 9.33. The number of fused-ring (bicyclic) bond motifs is 1. The zero-order valence-corrected chi connectivity index (χ0v) is 16.6. The second-order valence-corrected chi connectivity index (χ2v) is 7.68. The fourth-order valence-electron chi connectivity index (χ4n) is 4.51. The van der Waals surface area contributed by atoms with Gasteiger partial charge in [-0.2, -0.15) is 0 Å². The number of rotatable bonds is 5. The van der Waals surface area contributed by atoms with Crippen LogP contribution in [0.1, 0.15) is 18.9 Å². The van der Waals surface area contributed by atoms with Gasteiger partial charge < -0.3 is 24.6 Å². The standard InChI is InChI=1S/C20H29N3O4/c1-14(24)21-20-7-8-23(12-16(20)11-22(2)13-20)19(25)10-15-9-17(26-3)5-6-18(15)27-4/h5-6,9,16H,7-8,10-13H2,1-4H3,(H,21,24)/t16-,20+/m0/s1. The molecule has 2 aliphatic rings. The number of amides is 2. The molecule has 0 aromatic heterocycles. The Balaban J connectivity index is 1.72. The molecule has 2 amide bonds. The first kappa shape index (κ1) is 19.5. The molecule has 27 heavy (non-hydrogen) atoms. The van der Waals surface area contributed by atoms with E-state index in [-0.39, 0.29) is 29.7 Å². The molecule has 2 aliphatic heterocycles. The Morgan fingerprint density at radius 3 is 2.70 bits per heavy atom. The van der Waals surface area contributed by atoms with Crippen LogP contribution in [0, 0.1) is 5.92 Å². The molecule has 7 nitrogen and oxygen atoms in total. The summed E-state index contributed by atoms with van der Waals surface area (Å²) in [6, 6.07) is 5.50. The van der Waals surface area contributed by atoms with Crippen molar-refractivity contribution >= 4 is 11.8 Å². The average Bonchev–Trinajstić information content (AvgIpc) is 2.95. The molecule has 7 heteroatoms. The second kappa shape index (κ2) is 7.76. The normalized spacial score (nSPS) is 25.0. The monoisotopic (exact) mass is 375 g/mol. The van der Waals surface area contributed by atoms with Crippen molar-refractivity contribution in [2.24, 2.45) is 5.92 Å². The van der Waals surface area contributed by atoms with Crippen LogP contribution in [-0.2, 0) is 16.0 Å². The van der Waals surface area contributed by atoms with Crippen LogP contribution in [0.5, 0.6) is 11.5 Å². The summed E-state index contributed by atoms with van der Waals surface area (Å²) < 4.78 is 10.7. The highest BCUT2D eigenvalue weighted by atomic mass is 16.5. The van der Waals surface area contributed by atoms with E-state index in [9.17, 15) is 9.59 Å². The maximum absolute atomic E-state index is 13.0. The third kappa shape index (κ3) is 4.03. The minimum absolute atomic E-state index is 0.00352. The highest BCUT2D eigenvalue weighted by Crippen LogP contribution is 2.35. The van der Waals surface area contributed by atoms with Gasteiger partial charge in [-0.3, -0.25) is 9.59 Å². The number of ether oxygens (including phenoxy) is 2. The van der Waals surface area contributed by atoms with Crippen LogP contribution in [0.15, 0.2) is 18.2 Å². The number of hydrogen-bond acceptors (Lipinski definition) is 5. The van der Waals surface area contributed by atoms with Gasteiger partial charge in [-0.25, -0.2) is 0 Å². The van der Waals surface area contributed by atoms with Crippen LogP contribution < -0.4 is 14.8 Å². The van der Waals surface area contributed by atoms with Gasteiger partial charge in [0.1, 0.15) is 11.5 Å². The minimum atomic E-state index is -0.217. The number of carbonyl (C=O) groups excluding carboxylic acids is 2. The largest absolute Gasteiger partial charge is 0.497 e. The van der Waals surface area contributed by atoms with Crippen molar-refractivity contribution in [2.45, 2.75) is 25.3 Å². The zero-order chi connectivity index (χ0) is 19.6. The number of likely N-dealkylation sites (N-methyl/N-ethyl adjacent to an activating group) is 1. The van der Waals surface area contributed by atoms with Gasteiger partial charge >= 0.3 is 0 Å². The Hall–Kier alpha value is -2.28. The summed E-state index contributed by atoms with van der Waals surface area (Å²) in [6.45, 7) is 4.59. The van der Waals surface area contributed by atoms with Crippen LogP contribution in [0.4, 0.5) is 0 Å². The van der Waals surface area contributed by atoms with Crippen LogP contribution in [0.3, 0.4) is 0 Å². The molecule has 0 saturated carbocycles. The van der Waals surface area contributed by atoms with Gasteiger partial charge in [0.2, 0.25) is 11.8 Å². The molecule has 2 atom stereocenters. The Morgan fingerprint density at radius 1 is 1.26 bits per heavy atom. The van der Waals surface area contributed by atoms with Crippen LogP contribution in [-0.4, -0.2) is 74.6 Å². The summed E-state index contributed by atoms with van der Waals surface area (Å²) in [4.78, 5) is 28.8. The van der Waals surface area contributed by atoms with E-state index in [1.165, 1.54) is 0 Å². The number of nitrogens with one attached hydrogen (secondary N) is 1. The Morgan fingerprint density at radius 2 is 2.04 bits per heavy atom. The number of carbonyl (C=O) groups is 2. The van der Waals surface area contributed by atoms with E-state index in [2.05, 4.69) is 17.3 Å². The lowest BCUT2D eigenvalue weighted by atomic mass is 9.80. The van der Waals surface area contributed by atoms with Crippen LogP contribution >= 0.6 is 0 Å². The van der Waals surface area contributed by atoms with Gasteiger partial charge in [0.15, 0.2) is 0 Å². The number of hydrogen-bond donors (Lipinski definition) is 1. The second-order valence-electron chi connectivity index (χ2n) is 7.68. The molecule has 0 spiro atoms. The summed E-state index contributed by atoms with van der Waals surface area (Å²) in [6.07, 6.45) is 1.05. The lowest BCUT2D eigenvalue weighted by Gasteiger charge is -2.44. The van der Waals surface area contributed by atoms with E-state index in [0.29, 0.717) is 24.6 Å². The fourth-order valence-corrected chi connectivity index (χ4v) is 4.51. The van der Waals surface area contributed by atoms with Crippen molar-refractivity contribution in [1.82, 2.24) is 15.1 Å². The molecule has 2 heterocycles. The van der Waals surface area contributed by atoms with Crippen molar-refractivity contribution in [3.63, 3.8) is 0 Å². The first-order chi connectivity index (χ1) is 12.9. The lowest BCUT2D eigenvalue weighted by Crippen LogP contribution is -2.61. The summed E-state index contributed by atoms with van der Waals surface area (Å²) in [5.74, 6) is 1.72. The van der Waals surface area contributed by atoms with E-state index < -0.39 is 0 Å². The molecular formula is C20H29N3O4. The maximum Gasteiger partial charge on any atom is 0.227 e. The van der Waals surface area contributed by atoms with Crippen LogP contribution in [0.2, 0.25) is 0 Å². The molecule has 3 rings (SSSR count). The number of likely N-dealkylation sites (tertiary alicyclic amines) is 2. The molecule has 1 aromatic rings. The van der Waals surface area contributed by atoms with E-state index >= 15 is 0 Å². The Labute approximate surface area is 160 Å². The van der Waals surface area contributed by atoms with Gasteiger partial charge in [0.25, 0.3) is 0 Å².